The fourth-order valence-electron chi connectivity index (χ4n) is 2.66. The van der Waals surface area contributed by atoms with E-state index in [0.29, 0.717) is 17.8 Å². The van der Waals surface area contributed by atoms with Crippen molar-refractivity contribution < 1.29 is 22.7 Å². The minimum atomic E-state index is -4.73. The minimum absolute atomic E-state index is 0.0439. The number of aryl methyl sites for hydroxylation is 1. The first-order valence-electron chi connectivity index (χ1n) is 8.50. The molecule has 0 aliphatic rings. The number of alkyl halides is 3. The molecule has 0 aliphatic carbocycles. The van der Waals surface area contributed by atoms with Gasteiger partial charge in [-0.15, -0.1) is 13.2 Å². The maximum atomic E-state index is 12.2. The van der Waals surface area contributed by atoms with Gasteiger partial charge in [0.25, 0.3) is 0 Å². The van der Waals surface area contributed by atoms with Gasteiger partial charge in [0, 0.05) is 24.6 Å². The summed E-state index contributed by atoms with van der Waals surface area (Å²) in [7, 11) is 0. The van der Waals surface area contributed by atoms with Crippen LogP contribution in [0.25, 0.3) is 0 Å². The molecule has 0 saturated heterocycles. The zero-order valence-corrected chi connectivity index (χ0v) is 15.0. The van der Waals surface area contributed by atoms with E-state index < -0.39 is 6.36 Å². The van der Waals surface area contributed by atoms with Crippen molar-refractivity contribution in [2.24, 2.45) is 0 Å². The fraction of sp³-hybridized carbons (Fsp3) is 0.200. The van der Waals surface area contributed by atoms with Crippen LogP contribution in [0.3, 0.4) is 0 Å². The zero-order chi connectivity index (χ0) is 20.1. The molecule has 0 unspecified atom stereocenters. The lowest BCUT2D eigenvalue weighted by Gasteiger charge is -2.10. The SMILES string of the molecule is Cc1nccn1Cc1ccc(NC(=O)Cc2ccc(OC(F)(F)F)cc2)cc1. The number of benzene rings is 2. The molecule has 0 aliphatic heterocycles. The Labute approximate surface area is 159 Å². The summed E-state index contributed by atoms with van der Waals surface area (Å²) >= 11 is 0. The second-order valence-electron chi connectivity index (χ2n) is 6.22. The molecular formula is C20H18F3N3O2. The first-order valence-corrected chi connectivity index (χ1v) is 8.50. The Morgan fingerprint density at radius 2 is 1.71 bits per heavy atom. The number of anilines is 1. The van der Waals surface area contributed by atoms with Crippen molar-refractivity contribution in [3.05, 3.63) is 77.9 Å². The van der Waals surface area contributed by atoms with Crippen LogP contribution in [0.1, 0.15) is 17.0 Å². The number of imidazole rings is 1. The Morgan fingerprint density at radius 1 is 1.07 bits per heavy atom. The molecule has 28 heavy (non-hydrogen) atoms. The van der Waals surface area contributed by atoms with Crippen molar-refractivity contribution in [2.75, 3.05) is 5.32 Å². The molecule has 8 heteroatoms. The van der Waals surface area contributed by atoms with Gasteiger partial charge in [-0.1, -0.05) is 24.3 Å². The van der Waals surface area contributed by atoms with Gasteiger partial charge in [-0.2, -0.15) is 0 Å². The van der Waals surface area contributed by atoms with Crippen molar-refractivity contribution in [1.82, 2.24) is 9.55 Å². The number of nitrogens with zero attached hydrogens (tertiary/aromatic N) is 2. The standard InChI is InChI=1S/C20H18F3N3O2/c1-14-24-10-11-26(14)13-16-2-6-17(7-3-16)25-19(27)12-15-4-8-18(9-5-15)28-20(21,22)23/h2-11H,12-13H2,1H3,(H,25,27). The summed E-state index contributed by atoms with van der Waals surface area (Å²) in [5.74, 6) is 0.340. The molecule has 1 amide bonds. The molecule has 1 aromatic heterocycles. The molecule has 0 atom stereocenters. The third kappa shape index (κ3) is 5.60. The predicted molar refractivity (Wildman–Crippen MR) is 98.0 cm³/mol. The van der Waals surface area contributed by atoms with Crippen molar-refractivity contribution in [1.29, 1.82) is 0 Å². The normalized spacial score (nSPS) is 11.3. The quantitative estimate of drug-likeness (QED) is 0.683. The molecule has 0 radical (unpaired) electrons. The molecular weight excluding hydrogens is 371 g/mol. The number of nitrogens with one attached hydrogen (secondary N) is 1. The third-order valence-corrected chi connectivity index (χ3v) is 4.04. The van der Waals surface area contributed by atoms with Gasteiger partial charge in [0.2, 0.25) is 5.91 Å². The van der Waals surface area contributed by atoms with Gasteiger partial charge in [-0.3, -0.25) is 4.79 Å². The molecule has 5 nitrogen and oxygen atoms in total. The lowest BCUT2D eigenvalue weighted by atomic mass is 10.1. The fourth-order valence-corrected chi connectivity index (χ4v) is 2.66. The second-order valence-corrected chi connectivity index (χ2v) is 6.22. The zero-order valence-electron chi connectivity index (χ0n) is 15.0. The van der Waals surface area contributed by atoms with Crippen LogP contribution in [0.5, 0.6) is 5.75 Å². The molecule has 3 aromatic rings. The lowest BCUT2D eigenvalue weighted by molar-refractivity contribution is -0.274. The van der Waals surface area contributed by atoms with Gasteiger partial charge in [-0.05, 0) is 42.3 Å². The molecule has 0 spiro atoms. The topological polar surface area (TPSA) is 56.2 Å². The average molecular weight is 389 g/mol. The van der Waals surface area contributed by atoms with E-state index >= 15 is 0 Å². The van der Waals surface area contributed by atoms with Crippen molar-refractivity contribution in [3.63, 3.8) is 0 Å². The number of halogens is 3. The van der Waals surface area contributed by atoms with Crippen LogP contribution in [0.4, 0.5) is 18.9 Å². The molecule has 146 valence electrons. The smallest absolute Gasteiger partial charge is 0.406 e. The minimum Gasteiger partial charge on any atom is -0.406 e. The Bertz CT molecular complexity index is 933. The lowest BCUT2D eigenvalue weighted by Crippen LogP contribution is -2.17. The van der Waals surface area contributed by atoms with Crippen molar-refractivity contribution in [3.8, 4) is 5.75 Å². The van der Waals surface area contributed by atoms with E-state index in [-0.39, 0.29) is 18.1 Å². The third-order valence-electron chi connectivity index (χ3n) is 4.04. The van der Waals surface area contributed by atoms with Crippen LogP contribution in [0.2, 0.25) is 0 Å². The van der Waals surface area contributed by atoms with Gasteiger partial charge in [-0.25, -0.2) is 4.98 Å². The molecule has 0 bridgehead atoms. The van der Waals surface area contributed by atoms with Crippen molar-refractivity contribution in [2.45, 2.75) is 26.3 Å². The summed E-state index contributed by atoms with van der Waals surface area (Å²) in [6.45, 7) is 2.61. The molecule has 3 rings (SSSR count). The number of ether oxygens (including phenoxy) is 1. The Kier molecular flexibility index (Phi) is 5.67. The van der Waals surface area contributed by atoms with Crippen LogP contribution in [-0.2, 0) is 17.8 Å². The highest BCUT2D eigenvalue weighted by Crippen LogP contribution is 2.23. The summed E-state index contributed by atoms with van der Waals surface area (Å²) in [6, 6.07) is 12.7. The number of aromatic nitrogens is 2. The Balaban J connectivity index is 1.54. The summed E-state index contributed by atoms with van der Waals surface area (Å²) < 4.78 is 42.3. The number of hydrogen-bond donors (Lipinski definition) is 1. The monoisotopic (exact) mass is 389 g/mol. The van der Waals surface area contributed by atoms with Crippen LogP contribution >= 0.6 is 0 Å². The number of hydrogen-bond acceptors (Lipinski definition) is 3. The Hall–Kier alpha value is -3.29. The van der Waals surface area contributed by atoms with Crippen LogP contribution in [0, 0.1) is 6.92 Å². The highest BCUT2D eigenvalue weighted by Gasteiger charge is 2.30. The van der Waals surface area contributed by atoms with E-state index in [4.69, 9.17) is 0 Å². The van der Waals surface area contributed by atoms with E-state index in [2.05, 4.69) is 15.0 Å². The van der Waals surface area contributed by atoms with Gasteiger partial charge < -0.3 is 14.6 Å². The summed E-state index contributed by atoms with van der Waals surface area (Å²) in [4.78, 5) is 16.3. The second kappa shape index (κ2) is 8.16. The van der Waals surface area contributed by atoms with Crippen LogP contribution in [-0.4, -0.2) is 21.8 Å². The van der Waals surface area contributed by atoms with Gasteiger partial charge >= 0.3 is 6.36 Å². The summed E-state index contributed by atoms with van der Waals surface area (Å²) in [5, 5.41) is 2.77. The maximum Gasteiger partial charge on any atom is 0.573 e. The molecule has 1 N–H and O–H groups in total. The molecule has 2 aromatic carbocycles. The van der Waals surface area contributed by atoms with Crippen molar-refractivity contribution >= 4 is 11.6 Å². The maximum absolute atomic E-state index is 12.2. The van der Waals surface area contributed by atoms with E-state index in [0.717, 1.165) is 11.4 Å². The van der Waals surface area contributed by atoms with Gasteiger partial charge in [0.05, 0.1) is 6.42 Å². The van der Waals surface area contributed by atoms with Gasteiger partial charge in [0.1, 0.15) is 11.6 Å². The number of carbonyl (C=O) groups is 1. The van der Waals surface area contributed by atoms with Crippen LogP contribution in [0.15, 0.2) is 60.9 Å². The van der Waals surface area contributed by atoms with Crippen LogP contribution < -0.4 is 10.1 Å². The van der Waals surface area contributed by atoms with Gasteiger partial charge in [0.15, 0.2) is 0 Å². The van der Waals surface area contributed by atoms with E-state index in [1.807, 2.05) is 29.8 Å². The summed E-state index contributed by atoms with van der Waals surface area (Å²) in [5.41, 5.74) is 2.30. The first kappa shape index (κ1) is 19.5. The van der Waals surface area contributed by atoms with E-state index in [1.54, 1.807) is 18.3 Å². The number of rotatable bonds is 6. The average Bonchev–Trinajstić information content (AvgIpc) is 3.02. The molecule has 0 fully saturated rings. The first-order chi connectivity index (χ1) is 13.3. The highest BCUT2D eigenvalue weighted by molar-refractivity contribution is 5.92. The number of carbonyl (C=O) groups excluding carboxylic acids is 1. The molecule has 0 saturated carbocycles. The Morgan fingerprint density at radius 3 is 2.29 bits per heavy atom. The summed E-state index contributed by atoms with van der Waals surface area (Å²) in [6.07, 6.45) is -1.05. The predicted octanol–water partition coefficient (Wildman–Crippen LogP) is 4.32. The number of amides is 1. The largest absolute Gasteiger partial charge is 0.573 e. The van der Waals surface area contributed by atoms with E-state index in [1.165, 1.54) is 24.3 Å². The molecule has 1 heterocycles. The highest BCUT2D eigenvalue weighted by atomic mass is 19.4. The van der Waals surface area contributed by atoms with E-state index in [9.17, 15) is 18.0 Å².